The average Bonchev–Trinajstić information content (AvgIpc) is 2.63. The van der Waals surface area contributed by atoms with Crippen molar-refractivity contribution in [2.75, 3.05) is 20.3 Å². The number of halogens is 1. The highest BCUT2D eigenvalue weighted by Gasteiger charge is 2.24. The van der Waals surface area contributed by atoms with Crippen molar-refractivity contribution in [1.29, 1.82) is 0 Å². The maximum atomic E-state index is 13.6. The van der Waals surface area contributed by atoms with Crippen LogP contribution in [0.2, 0.25) is 0 Å². The first-order valence-corrected chi connectivity index (χ1v) is 8.52. The number of carbonyl (C=O) groups is 1. The van der Waals surface area contributed by atoms with Gasteiger partial charge in [0.25, 0.3) is 0 Å². The molecule has 0 aromatic heterocycles. The number of fused-ring (bicyclic) bond motifs is 1. The minimum Gasteiger partial charge on any atom is -0.493 e. The van der Waals surface area contributed by atoms with Crippen molar-refractivity contribution in [3.05, 3.63) is 58.9 Å². The van der Waals surface area contributed by atoms with Crippen LogP contribution in [0.25, 0.3) is 0 Å². The molecule has 2 aromatic carbocycles. The van der Waals surface area contributed by atoms with E-state index in [-0.39, 0.29) is 11.9 Å². The number of aliphatic carboxylic acids is 1. The summed E-state index contributed by atoms with van der Waals surface area (Å²) in [7, 11) is 1.51. The van der Waals surface area contributed by atoms with Gasteiger partial charge in [-0.1, -0.05) is 12.1 Å². The van der Waals surface area contributed by atoms with Gasteiger partial charge in [-0.25, -0.2) is 9.18 Å². The minimum absolute atomic E-state index is 0.0972. The Kier molecular flexibility index (Phi) is 5.42. The fourth-order valence-electron chi connectivity index (χ4n) is 3.36. The second-order valence-electron chi connectivity index (χ2n) is 6.41. The molecule has 5 nitrogen and oxygen atoms in total. The zero-order chi connectivity index (χ0) is 18.7. The first kappa shape index (κ1) is 18.2. The van der Waals surface area contributed by atoms with Crippen LogP contribution in [0.3, 0.4) is 0 Å². The van der Waals surface area contributed by atoms with Gasteiger partial charge >= 0.3 is 5.97 Å². The van der Waals surface area contributed by atoms with Crippen molar-refractivity contribution in [2.45, 2.75) is 25.9 Å². The average molecular weight is 359 g/mol. The molecule has 3 rings (SSSR count). The van der Waals surface area contributed by atoms with Gasteiger partial charge in [0.2, 0.25) is 0 Å². The van der Waals surface area contributed by atoms with Gasteiger partial charge in [0.15, 0.2) is 18.1 Å². The number of hydrogen-bond acceptors (Lipinski definition) is 4. The Labute approximate surface area is 152 Å². The van der Waals surface area contributed by atoms with Crippen LogP contribution in [0.4, 0.5) is 4.39 Å². The van der Waals surface area contributed by atoms with Gasteiger partial charge in [-0.05, 0) is 54.3 Å². The molecule has 6 heteroatoms. The molecule has 1 atom stereocenters. The van der Waals surface area contributed by atoms with E-state index in [2.05, 4.69) is 11.8 Å². The fourth-order valence-corrected chi connectivity index (χ4v) is 3.36. The van der Waals surface area contributed by atoms with E-state index in [1.54, 1.807) is 18.2 Å². The number of methoxy groups -OCH3 is 1. The Bertz CT molecular complexity index is 808. The van der Waals surface area contributed by atoms with Gasteiger partial charge in [-0.2, -0.15) is 0 Å². The molecule has 1 aliphatic heterocycles. The zero-order valence-corrected chi connectivity index (χ0v) is 14.9. The Morgan fingerprint density at radius 2 is 2.08 bits per heavy atom. The van der Waals surface area contributed by atoms with E-state index in [1.807, 2.05) is 12.1 Å². The quantitative estimate of drug-likeness (QED) is 0.856. The largest absolute Gasteiger partial charge is 0.493 e. The second kappa shape index (κ2) is 7.74. The lowest BCUT2D eigenvalue weighted by molar-refractivity contribution is -0.139. The molecule has 26 heavy (non-hydrogen) atoms. The molecular weight excluding hydrogens is 337 g/mol. The van der Waals surface area contributed by atoms with Crippen molar-refractivity contribution in [3.63, 3.8) is 0 Å². The second-order valence-corrected chi connectivity index (χ2v) is 6.41. The molecule has 0 aliphatic carbocycles. The molecule has 0 bridgehead atoms. The van der Waals surface area contributed by atoms with Gasteiger partial charge in [0.1, 0.15) is 5.82 Å². The molecule has 1 unspecified atom stereocenters. The van der Waals surface area contributed by atoms with Crippen molar-refractivity contribution < 1.29 is 23.8 Å². The Balaban J connectivity index is 1.78. The summed E-state index contributed by atoms with van der Waals surface area (Å²) in [6.45, 7) is 3.18. The number of rotatable bonds is 6. The Hall–Kier alpha value is -2.60. The molecule has 1 heterocycles. The van der Waals surface area contributed by atoms with Gasteiger partial charge < -0.3 is 14.6 Å². The van der Waals surface area contributed by atoms with E-state index in [9.17, 15) is 9.18 Å². The predicted molar refractivity (Wildman–Crippen MR) is 95.1 cm³/mol. The third-order valence-electron chi connectivity index (χ3n) is 4.74. The fraction of sp³-hybridized carbons (Fsp3) is 0.350. The summed E-state index contributed by atoms with van der Waals surface area (Å²) < 4.78 is 24.2. The molecule has 138 valence electrons. The van der Waals surface area contributed by atoms with Crippen LogP contribution in [0.5, 0.6) is 11.5 Å². The SMILES string of the molecule is COc1ccc(CN2CCc3ccc(F)cc3C2C)cc1OCC(=O)O. The van der Waals surface area contributed by atoms with Crippen LogP contribution in [0.15, 0.2) is 36.4 Å². The number of nitrogens with zero attached hydrogens (tertiary/aromatic N) is 1. The normalized spacial score (nSPS) is 16.8. The number of hydrogen-bond donors (Lipinski definition) is 1. The highest BCUT2D eigenvalue weighted by molar-refractivity contribution is 5.68. The summed E-state index contributed by atoms with van der Waals surface area (Å²) in [5, 5.41) is 8.81. The Morgan fingerprint density at radius 3 is 2.81 bits per heavy atom. The minimum atomic E-state index is -1.04. The summed E-state index contributed by atoms with van der Waals surface area (Å²) in [5.41, 5.74) is 3.19. The highest BCUT2D eigenvalue weighted by atomic mass is 19.1. The van der Waals surface area contributed by atoms with Crippen LogP contribution in [0.1, 0.15) is 29.7 Å². The lowest BCUT2D eigenvalue weighted by Crippen LogP contribution is -2.33. The highest BCUT2D eigenvalue weighted by Crippen LogP contribution is 2.33. The van der Waals surface area contributed by atoms with Crippen LogP contribution in [-0.2, 0) is 17.8 Å². The van der Waals surface area contributed by atoms with Crippen molar-refractivity contribution >= 4 is 5.97 Å². The number of carboxylic acids is 1. The molecule has 0 amide bonds. The summed E-state index contributed by atoms with van der Waals surface area (Å²) in [6.07, 6.45) is 0.873. The van der Waals surface area contributed by atoms with E-state index in [0.29, 0.717) is 18.0 Å². The number of ether oxygens (including phenoxy) is 2. The topological polar surface area (TPSA) is 59.0 Å². The molecule has 0 spiro atoms. The molecule has 0 saturated carbocycles. The summed E-state index contributed by atoms with van der Waals surface area (Å²) in [5.74, 6) is -0.357. The monoisotopic (exact) mass is 359 g/mol. The summed E-state index contributed by atoms with van der Waals surface area (Å²) in [6, 6.07) is 10.6. The van der Waals surface area contributed by atoms with E-state index in [0.717, 1.165) is 24.1 Å². The molecule has 1 N–H and O–H groups in total. The Morgan fingerprint density at radius 1 is 1.27 bits per heavy atom. The summed E-state index contributed by atoms with van der Waals surface area (Å²) >= 11 is 0. The van der Waals surface area contributed by atoms with Crippen LogP contribution in [0, 0.1) is 5.82 Å². The third-order valence-corrected chi connectivity index (χ3v) is 4.74. The lowest BCUT2D eigenvalue weighted by atomic mass is 9.93. The first-order chi connectivity index (χ1) is 12.5. The molecule has 2 aromatic rings. The molecule has 0 saturated heterocycles. The van der Waals surface area contributed by atoms with E-state index in [4.69, 9.17) is 14.6 Å². The number of benzene rings is 2. The van der Waals surface area contributed by atoms with Gasteiger partial charge in [-0.15, -0.1) is 0 Å². The molecule has 0 fully saturated rings. The van der Waals surface area contributed by atoms with Crippen molar-refractivity contribution in [3.8, 4) is 11.5 Å². The zero-order valence-electron chi connectivity index (χ0n) is 14.9. The van der Waals surface area contributed by atoms with Gasteiger partial charge in [-0.3, -0.25) is 4.90 Å². The van der Waals surface area contributed by atoms with E-state index < -0.39 is 12.6 Å². The maximum Gasteiger partial charge on any atom is 0.341 e. The third kappa shape index (κ3) is 3.96. The molecule has 1 aliphatic rings. The van der Waals surface area contributed by atoms with Crippen LogP contribution in [-0.4, -0.2) is 36.2 Å². The predicted octanol–water partition coefficient (Wildman–Crippen LogP) is 3.42. The van der Waals surface area contributed by atoms with Gasteiger partial charge in [0, 0.05) is 19.1 Å². The summed E-state index contributed by atoms with van der Waals surface area (Å²) in [4.78, 5) is 13.0. The van der Waals surface area contributed by atoms with E-state index >= 15 is 0 Å². The van der Waals surface area contributed by atoms with Gasteiger partial charge in [0.05, 0.1) is 7.11 Å². The first-order valence-electron chi connectivity index (χ1n) is 8.52. The molecule has 0 radical (unpaired) electrons. The smallest absolute Gasteiger partial charge is 0.341 e. The molecular formula is C20H22FNO4. The van der Waals surface area contributed by atoms with E-state index in [1.165, 1.54) is 18.7 Å². The standard InChI is InChI=1S/C20H22FNO4/c1-13-17-10-16(21)5-4-15(17)7-8-22(13)11-14-3-6-18(25-2)19(9-14)26-12-20(23)24/h3-6,9-10,13H,7-8,11-12H2,1-2H3,(H,23,24). The van der Waals surface area contributed by atoms with Crippen LogP contribution >= 0.6 is 0 Å². The lowest BCUT2D eigenvalue weighted by Gasteiger charge is -2.35. The van der Waals surface area contributed by atoms with Crippen LogP contribution < -0.4 is 9.47 Å². The van der Waals surface area contributed by atoms with Crippen molar-refractivity contribution in [1.82, 2.24) is 4.90 Å². The van der Waals surface area contributed by atoms with Crippen molar-refractivity contribution in [2.24, 2.45) is 0 Å². The number of carboxylic acid groups (broad SMARTS) is 1. The maximum absolute atomic E-state index is 13.6.